The standard InChI is InChI=1S/C16H21N5O3S/c1-11-18-14(21-20-11)12-3-5-13(6-4-12)19-15(22)16(25(2,23)24)7-9-17-10-8-16/h3-6,17H,7-10H2,1-2H3,(H,19,22)(H,18,20,21). The normalized spacial score (nSPS) is 17.2. The van der Waals surface area contributed by atoms with E-state index in [-0.39, 0.29) is 12.8 Å². The monoisotopic (exact) mass is 363 g/mol. The van der Waals surface area contributed by atoms with E-state index in [9.17, 15) is 13.2 Å². The fourth-order valence-electron chi connectivity index (χ4n) is 3.02. The quantitative estimate of drug-likeness (QED) is 0.743. The van der Waals surface area contributed by atoms with Crippen LogP contribution in [0, 0.1) is 6.92 Å². The second kappa shape index (κ2) is 6.57. The van der Waals surface area contributed by atoms with Gasteiger partial charge in [-0.3, -0.25) is 9.89 Å². The molecule has 1 aromatic carbocycles. The molecule has 0 spiro atoms. The first-order chi connectivity index (χ1) is 11.8. The first-order valence-corrected chi connectivity index (χ1v) is 9.92. The average molecular weight is 363 g/mol. The number of carbonyl (C=O) groups excluding carboxylic acids is 1. The number of amides is 1. The molecule has 9 heteroatoms. The van der Waals surface area contributed by atoms with Crippen LogP contribution in [0.25, 0.3) is 11.4 Å². The number of benzene rings is 1. The maximum Gasteiger partial charge on any atom is 0.245 e. The summed E-state index contributed by atoms with van der Waals surface area (Å²) in [5, 5.41) is 12.7. The molecule has 2 aromatic rings. The third-order valence-corrected chi connectivity index (χ3v) is 6.55. The van der Waals surface area contributed by atoms with Crippen LogP contribution >= 0.6 is 0 Å². The van der Waals surface area contributed by atoms with Gasteiger partial charge in [0, 0.05) is 17.5 Å². The highest BCUT2D eigenvalue weighted by molar-refractivity contribution is 7.92. The number of sulfone groups is 1. The van der Waals surface area contributed by atoms with Gasteiger partial charge in [-0.1, -0.05) is 0 Å². The van der Waals surface area contributed by atoms with E-state index in [1.807, 2.05) is 6.92 Å². The number of nitrogens with one attached hydrogen (secondary N) is 3. The minimum atomic E-state index is -3.53. The van der Waals surface area contributed by atoms with Gasteiger partial charge in [-0.05, 0) is 57.1 Å². The van der Waals surface area contributed by atoms with E-state index in [4.69, 9.17) is 0 Å². The minimum Gasteiger partial charge on any atom is -0.325 e. The summed E-state index contributed by atoms with van der Waals surface area (Å²) in [7, 11) is -3.53. The molecular formula is C16H21N5O3S. The van der Waals surface area contributed by atoms with Crippen molar-refractivity contribution in [2.24, 2.45) is 0 Å². The van der Waals surface area contributed by atoms with Crippen LogP contribution < -0.4 is 10.6 Å². The lowest BCUT2D eigenvalue weighted by molar-refractivity contribution is -0.119. The van der Waals surface area contributed by atoms with Gasteiger partial charge in [0.25, 0.3) is 0 Å². The Labute approximate surface area is 146 Å². The number of aryl methyl sites for hydroxylation is 1. The van der Waals surface area contributed by atoms with E-state index in [1.165, 1.54) is 0 Å². The molecule has 3 rings (SSSR count). The van der Waals surface area contributed by atoms with Gasteiger partial charge in [0.2, 0.25) is 5.91 Å². The number of H-pyrrole nitrogens is 1. The zero-order chi connectivity index (χ0) is 18.1. The van der Waals surface area contributed by atoms with Crippen molar-refractivity contribution in [1.82, 2.24) is 20.5 Å². The third kappa shape index (κ3) is 3.42. The highest BCUT2D eigenvalue weighted by Gasteiger charge is 2.48. The number of hydrogen-bond donors (Lipinski definition) is 3. The fourth-order valence-corrected chi connectivity index (χ4v) is 4.35. The maximum atomic E-state index is 12.7. The van der Waals surface area contributed by atoms with Crippen LogP contribution in [0.5, 0.6) is 0 Å². The maximum absolute atomic E-state index is 12.7. The van der Waals surface area contributed by atoms with Crippen LogP contribution in [-0.2, 0) is 14.6 Å². The molecule has 1 saturated heterocycles. The molecule has 1 fully saturated rings. The molecule has 0 bridgehead atoms. The van der Waals surface area contributed by atoms with Crippen LogP contribution in [0.4, 0.5) is 5.69 Å². The Morgan fingerprint density at radius 3 is 2.36 bits per heavy atom. The predicted octanol–water partition coefficient (Wildman–Crippen LogP) is 0.885. The van der Waals surface area contributed by atoms with Crippen molar-refractivity contribution < 1.29 is 13.2 Å². The number of nitrogens with zero attached hydrogens (tertiary/aromatic N) is 2. The summed E-state index contributed by atoms with van der Waals surface area (Å²) in [6, 6.07) is 7.01. The second-order valence-electron chi connectivity index (χ2n) is 6.29. The lowest BCUT2D eigenvalue weighted by Crippen LogP contribution is -2.55. The second-order valence-corrected chi connectivity index (χ2v) is 8.62. The molecule has 0 saturated carbocycles. The Morgan fingerprint density at radius 1 is 1.20 bits per heavy atom. The van der Waals surface area contributed by atoms with Crippen molar-refractivity contribution in [3.8, 4) is 11.4 Å². The van der Waals surface area contributed by atoms with Gasteiger partial charge in [-0.2, -0.15) is 5.10 Å². The fraction of sp³-hybridized carbons (Fsp3) is 0.438. The number of hydrogen-bond acceptors (Lipinski definition) is 6. The molecule has 1 aliphatic heterocycles. The number of aromatic amines is 1. The summed E-state index contributed by atoms with van der Waals surface area (Å²) in [6.07, 6.45) is 1.67. The van der Waals surface area contributed by atoms with Crippen LogP contribution in [0.3, 0.4) is 0 Å². The Hall–Kier alpha value is -2.26. The zero-order valence-corrected chi connectivity index (χ0v) is 15.0. The smallest absolute Gasteiger partial charge is 0.245 e. The van der Waals surface area contributed by atoms with Crippen molar-refractivity contribution in [3.05, 3.63) is 30.1 Å². The van der Waals surface area contributed by atoms with Gasteiger partial charge in [0.15, 0.2) is 20.4 Å². The zero-order valence-electron chi connectivity index (χ0n) is 14.2. The Kier molecular flexibility index (Phi) is 4.61. The SMILES string of the molecule is Cc1nc(-c2ccc(NC(=O)C3(S(C)(=O)=O)CCNCC3)cc2)n[nH]1. The minimum absolute atomic E-state index is 0.270. The van der Waals surface area contributed by atoms with E-state index in [0.29, 0.717) is 30.4 Å². The summed E-state index contributed by atoms with van der Waals surface area (Å²) in [5.41, 5.74) is 1.35. The van der Waals surface area contributed by atoms with E-state index in [1.54, 1.807) is 24.3 Å². The van der Waals surface area contributed by atoms with Gasteiger partial charge in [0.05, 0.1) is 0 Å². The van der Waals surface area contributed by atoms with Crippen molar-refractivity contribution in [2.75, 3.05) is 24.7 Å². The van der Waals surface area contributed by atoms with E-state index < -0.39 is 20.5 Å². The summed E-state index contributed by atoms with van der Waals surface area (Å²) in [5.74, 6) is 0.813. The van der Waals surface area contributed by atoms with Crippen LogP contribution in [0.1, 0.15) is 18.7 Å². The van der Waals surface area contributed by atoms with Gasteiger partial charge >= 0.3 is 0 Å². The Balaban J connectivity index is 1.80. The van der Waals surface area contributed by atoms with E-state index in [2.05, 4.69) is 25.8 Å². The van der Waals surface area contributed by atoms with Crippen LogP contribution in [0.2, 0.25) is 0 Å². The Morgan fingerprint density at radius 2 is 1.84 bits per heavy atom. The number of carbonyl (C=O) groups is 1. The van der Waals surface area contributed by atoms with Gasteiger partial charge in [0.1, 0.15) is 5.82 Å². The molecule has 0 atom stereocenters. The van der Waals surface area contributed by atoms with E-state index >= 15 is 0 Å². The summed E-state index contributed by atoms with van der Waals surface area (Å²) < 4.78 is 23.2. The lowest BCUT2D eigenvalue weighted by atomic mass is 9.95. The molecule has 0 radical (unpaired) electrons. The number of rotatable bonds is 4. The first kappa shape index (κ1) is 17.6. The number of piperidine rings is 1. The van der Waals surface area contributed by atoms with Crippen molar-refractivity contribution >= 4 is 21.4 Å². The highest BCUT2D eigenvalue weighted by Crippen LogP contribution is 2.29. The molecule has 25 heavy (non-hydrogen) atoms. The van der Waals surface area contributed by atoms with Gasteiger partial charge in [-0.25, -0.2) is 13.4 Å². The molecular weight excluding hydrogens is 342 g/mol. The third-order valence-electron chi connectivity index (χ3n) is 4.53. The summed E-state index contributed by atoms with van der Waals surface area (Å²) in [4.78, 5) is 17.0. The lowest BCUT2D eigenvalue weighted by Gasteiger charge is -2.34. The largest absolute Gasteiger partial charge is 0.325 e. The molecule has 8 nitrogen and oxygen atoms in total. The van der Waals surface area contributed by atoms with E-state index in [0.717, 1.165) is 11.8 Å². The average Bonchev–Trinajstić information content (AvgIpc) is 3.01. The molecule has 1 amide bonds. The van der Waals surface area contributed by atoms with Crippen molar-refractivity contribution in [3.63, 3.8) is 0 Å². The molecule has 0 unspecified atom stereocenters. The number of aromatic nitrogens is 3. The molecule has 1 aromatic heterocycles. The molecule has 2 heterocycles. The van der Waals surface area contributed by atoms with Gasteiger partial charge < -0.3 is 10.6 Å². The summed E-state index contributed by atoms with van der Waals surface area (Å²) >= 11 is 0. The Bertz CT molecular complexity index is 867. The topological polar surface area (TPSA) is 117 Å². The molecule has 0 aliphatic carbocycles. The number of anilines is 1. The molecule has 3 N–H and O–H groups in total. The van der Waals surface area contributed by atoms with Crippen molar-refractivity contribution in [1.29, 1.82) is 0 Å². The highest BCUT2D eigenvalue weighted by atomic mass is 32.2. The molecule has 134 valence electrons. The predicted molar refractivity (Wildman–Crippen MR) is 94.9 cm³/mol. The van der Waals surface area contributed by atoms with Crippen molar-refractivity contribution in [2.45, 2.75) is 24.5 Å². The molecule has 1 aliphatic rings. The van der Waals surface area contributed by atoms with Gasteiger partial charge in [-0.15, -0.1) is 0 Å². The van der Waals surface area contributed by atoms with Crippen LogP contribution in [0.15, 0.2) is 24.3 Å². The van der Waals surface area contributed by atoms with Crippen LogP contribution in [-0.4, -0.2) is 53.6 Å². The summed E-state index contributed by atoms with van der Waals surface area (Å²) in [6.45, 7) is 2.82. The first-order valence-electron chi connectivity index (χ1n) is 8.03.